The second-order valence-corrected chi connectivity index (χ2v) is 10.2. The second-order valence-electron chi connectivity index (χ2n) is 10.2. The highest BCUT2D eigenvalue weighted by molar-refractivity contribution is 5.91. The van der Waals surface area contributed by atoms with Crippen molar-refractivity contribution in [3.05, 3.63) is 65.3 Å². The highest BCUT2D eigenvalue weighted by Gasteiger charge is 2.45. The van der Waals surface area contributed by atoms with Gasteiger partial charge in [-0.3, -0.25) is 9.59 Å². The molecule has 1 aromatic carbocycles. The Labute approximate surface area is 231 Å². The molecule has 4 N–H and O–H groups in total. The lowest BCUT2D eigenvalue weighted by Gasteiger charge is -2.40. The van der Waals surface area contributed by atoms with Crippen LogP contribution in [0.2, 0.25) is 0 Å². The SMILES string of the molecule is C=C1C(=O)O[C@H]2/C=C(/CO[C@@H]3O[C@H](COC(=O)Cc4ccc(O)cc4)[C@@H](O)[C@H](O)[C@H]3O)CC/C=C(/C=O)CC[C@H]12. The number of hydrogen-bond donors (Lipinski definition) is 4. The van der Waals surface area contributed by atoms with Gasteiger partial charge in [-0.25, -0.2) is 4.79 Å². The van der Waals surface area contributed by atoms with Gasteiger partial charge < -0.3 is 39.4 Å². The van der Waals surface area contributed by atoms with Gasteiger partial charge in [-0.1, -0.05) is 24.8 Å². The van der Waals surface area contributed by atoms with Crippen molar-refractivity contribution in [2.45, 2.75) is 68.9 Å². The molecule has 0 aromatic heterocycles. The van der Waals surface area contributed by atoms with E-state index in [-0.39, 0.29) is 24.7 Å². The first-order chi connectivity index (χ1) is 19.2. The number of aliphatic hydroxyl groups is 3. The number of allylic oxidation sites excluding steroid dienone is 2. The van der Waals surface area contributed by atoms with E-state index in [1.54, 1.807) is 18.2 Å². The maximum Gasteiger partial charge on any atom is 0.334 e. The number of phenolic OH excluding ortho intramolecular Hbond substituents is 1. The number of benzene rings is 1. The number of hydrogen-bond acceptors (Lipinski definition) is 11. The number of phenols is 1. The molecule has 1 aromatic rings. The van der Waals surface area contributed by atoms with Crippen LogP contribution in [0.1, 0.15) is 31.2 Å². The summed E-state index contributed by atoms with van der Waals surface area (Å²) in [6, 6.07) is 6.02. The molecule has 2 fully saturated rings. The number of rotatable bonds is 8. The summed E-state index contributed by atoms with van der Waals surface area (Å²) in [4.78, 5) is 35.9. The van der Waals surface area contributed by atoms with Crippen molar-refractivity contribution in [1.82, 2.24) is 0 Å². The van der Waals surface area contributed by atoms with E-state index in [2.05, 4.69) is 6.58 Å². The van der Waals surface area contributed by atoms with Gasteiger partial charge in [0.15, 0.2) is 6.29 Å². The zero-order valence-corrected chi connectivity index (χ0v) is 21.9. The number of carbonyl (C=O) groups excluding carboxylic acids is 3. The lowest BCUT2D eigenvalue weighted by Crippen LogP contribution is -2.59. The molecule has 2 heterocycles. The summed E-state index contributed by atoms with van der Waals surface area (Å²) in [5, 5.41) is 40.6. The number of carbonyl (C=O) groups is 3. The molecule has 4 rings (SSSR count). The van der Waals surface area contributed by atoms with E-state index in [4.69, 9.17) is 18.9 Å². The third-order valence-corrected chi connectivity index (χ3v) is 7.31. The molecule has 3 aliphatic rings. The normalized spacial score (nSPS) is 33.5. The van der Waals surface area contributed by atoms with Crippen molar-refractivity contribution in [2.75, 3.05) is 13.2 Å². The maximum absolute atomic E-state index is 12.3. The van der Waals surface area contributed by atoms with Crippen LogP contribution in [0.3, 0.4) is 0 Å². The standard InChI is InChI=1S/C29H34O11/c1-16-21-10-7-18(13-30)3-2-4-19(11-22(21)39-28(16)36)14-38-29-27(35)26(34)25(33)23(40-29)15-37-24(32)12-17-5-8-20(31)9-6-17/h3,5-6,8-9,11,13,21-23,25-27,29,31,33-35H,1-2,4,7,10,12,14-15H2/b18-3+,19-11+/t21-,22+,23-,25-,26+,27-,29-/m1/s1. The van der Waals surface area contributed by atoms with Crippen molar-refractivity contribution in [3.63, 3.8) is 0 Å². The predicted octanol–water partition coefficient (Wildman–Crippen LogP) is 1.03. The van der Waals surface area contributed by atoms with Gasteiger partial charge in [0.1, 0.15) is 49.2 Å². The highest BCUT2D eigenvalue weighted by Crippen LogP contribution is 2.34. The minimum absolute atomic E-state index is 0.0601. The summed E-state index contributed by atoms with van der Waals surface area (Å²) in [6.07, 6.45) is -1.50. The van der Waals surface area contributed by atoms with E-state index < -0.39 is 55.4 Å². The zero-order chi connectivity index (χ0) is 28.8. The molecule has 0 saturated carbocycles. The quantitative estimate of drug-likeness (QED) is 0.156. The van der Waals surface area contributed by atoms with Crippen molar-refractivity contribution in [1.29, 1.82) is 0 Å². The number of aromatic hydroxyl groups is 1. The van der Waals surface area contributed by atoms with E-state index >= 15 is 0 Å². The van der Waals surface area contributed by atoms with Gasteiger partial charge in [-0.05, 0) is 60.6 Å². The molecule has 0 spiro atoms. The van der Waals surface area contributed by atoms with E-state index in [1.807, 2.05) is 6.08 Å². The topological polar surface area (TPSA) is 169 Å². The smallest absolute Gasteiger partial charge is 0.334 e. The third-order valence-electron chi connectivity index (χ3n) is 7.31. The van der Waals surface area contributed by atoms with Crippen LogP contribution in [0.5, 0.6) is 5.75 Å². The lowest BCUT2D eigenvalue weighted by molar-refractivity contribution is -0.299. The molecule has 1 aliphatic carbocycles. The third kappa shape index (κ3) is 7.23. The first kappa shape index (κ1) is 29.6. The number of esters is 2. The van der Waals surface area contributed by atoms with Crippen molar-refractivity contribution >= 4 is 18.2 Å². The first-order valence-corrected chi connectivity index (χ1v) is 13.1. The lowest BCUT2D eigenvalue weighted by atomic mass is 9.88. The fourth-order valence-corrected chi connectivity index (χ4v) is 4.92. The molecule has 216 valence electrons. The van der Waals surface area contributed by atoms with Crippen LogP contribution in [0, 0.1) is 5.92 Å². The van der Waals surface area contributed by atoms with Gasteiger partial charge >= 0.3 is 11.9 Å². The van der Waals surface area contributed by atoms with E-state index in [9.17, 15) is 34.8 Å². The first-order valence-electron chi connectivity index (χ1n) is 13.1. The van der Waals surface area contributed by atoms with Crippen LogP contribution in [-0.4, -0.2) is 88.7 Å². The molecular formula is C29H34O11. The Balaban J connectivity index is 1.38. The molecule has 0 bridgehead atoms. The Morgan fingerprint density at radius 3 is 2.58 bits per heavy atom. The molecule has 2 saturated heterocycles. The van der Waals surface area contributed by atoms with Crippen molar-refractivity contribution < 1.29 is 53.8 Å². The van der Waals surface area contributed by atoms with Gasteiger partial charge in [0.25, 0.3) is 0 Å². The molecular weight excluding hydrogens is 524 g/mol. The molecule has 0 radical (unpaired) electrons. The molecule has 2 aliphatic heterocycles. The fraction of sp³-hybridized carbons (Fsp3) is 0.483. The van der Waals surface area contributed by atoms with Crippen LogP contribution < -0.4 is 0 Å². The molecule has 11 heteroatoms. The Morgan fingerprint density at radius 2 is 1.85 bits per heavy atom. The molecule has 7 atom stereocenters. The Bertz CT molecular complexity index is 1160. The Kier molecular flexibility index (Phi) is 9.88. The fourth-order valence-electron chi connectivity index (χ4n) is 4.92. The molecule has 0 unspecified atom stereocenters. The van der Waals surface area contributed by atoms with E-state index in [0.29, 0.717) is 48.0 Å². The average Bonchev–Trinajstić information content (AvgIpc) is 3.21. The van der Waals surface area contributed by atoms with Gasteiger partial charge in [-0.2, -0.15) is 0 Å². The average molecular weight is 559 g/mol. The second kappa shape index (κ2) is 13.3. The Hall–Kier alpha value is -3.35. The van der Waals surface area contributed by atoms with Crippen LogP contribution in [-0.2, 0) is 39.8 Å². The van der Waals surface area contributed by atoms with E-state index in [1.165, 1.54) is 12.1 Å². The van der Waals surface area contributed by atoms with Gasteiger partial charge in [-0.15, -0.1) is 0 Å². The number of ether oxygens (including phenoxy) is 4. The monoisotopic (exact) mass is 558 g/mol. The largest absolute Gasteiger partial charge is 0.508 e. The molecule has 11 nitrogen and oxygen atoms in total. The molecule has 0 amide bonds. The van der Waals surface area contributed by atoms with Gasteiger partial charge in [0.05, 0.1) is 13.0 Å². The summed E-state index contributed by atoms with van der Waals surface area (Å²) in [5.41, 5.74) is 2.30. The summed E-state index contributed by atoms with van der Waals surface area (Å²) >= 11 is 0. The highest BCUT2D eigenvalue weighted by atomic mass is 16.7. The minimum Gasteiger partial charge on any atom is -0.508 e. The molecule has 40 heavy (non-hydrogen) atoms. The number of fused-ring (bicyclic) bond motifs is 1. The summed E-state index contributed by atoms with van der Waals surface area (Å²) in [6.45, 7) is 3.38. The van der Waals surface area contributed by atoms with Crippen molar-refractivity contribution in [3.8, 4) is 5.75 Å². The van der Waals surface area contributed by atoms with Crippen LogP contribution >= 0.6 is 0 Å². The summed E-state index contributed by atoms with van der Waals surface area (Å²) in [7, 11) is 0. The minimum atomic E-state index is -1.63. The Morgan fingerprint density at radius 1 is 1.10 bits per heavy atom. The van der Waals surface area contributed by atoms with Gasteiger partial charge in [0.2, 0.25) is 0 Å². The number of aldehydes is 1. The zero-order valence-electron chi connectivity index (χ0n) is 21.9. The van der Waals surface area contributed by atoms with Gasteiger partial charge in [0, 0.05) is 11.5 Å². The number of aliphatic hydroxyl groups excluding tert-OH is 3. The van der Waals surface area contributed by atoms with E-state index in [0.717, 1.165) is 6.29 Å². The van der Waals surface area contributed by atoms with Crippen LogP contribution in [0.15, 0.2) is 59.7 Å². The summed E-state index contributed by atoms with van der Waals surface area (Å²) in [5.74, 6) is -1.34. The summed E-state index contributed by atoms with van der Waals surface area (Å²) < 4.78 is 22.2. The predicted molar refractivity (Wildman–Crippen MR) is 139 cm³/mol. The van der Waals surface area contributed by atoms with Crippen molar-refractivity contribution in [2.24, 2.45) is 5.92 Å². The maximum atomic E-state index is 12.3. The van der Waals surface area contributed by atoms with Crippen LogP contribution in [0.25, 0.3) is 0 Å². The van der Waals surface area contributed by atoms with Crippen LogP contribution in [0.4, 0.5) is 0 Å².